The van der Waals surface area contributed by atoms with Crippen LogP contribution in [0.3, 0.4) is 0 Å². The van der Waals surface area contributed by atoms with Gasteiger partial charge in [0.1, 0.15) is 0 Å². The van der Waals surface area contributed by atoms with Crippen molar-refractivity contribution in [2.45, 2.75) is 19.8 Å². The largest absolute Gasteiger partial charge is 4.00 e. The normalized spacial score (nSPS) is 14.4. The summed E-state index contributed by atoms with van der Waals surface area (Å²) >= 11 is 0. The van der Waals surface area contributed by atoms with Gasteiger partial charge in [-0.1, -0.05) is 38.0 Å². The number of allylic oxidation sites excluding steroid dienone is 2. The molecule has 0 saturated heterocycles. The van der Waals surface area contributed by atoms with E-state index in [0.717, 1.165) is 0 Å². The zero-order valence-corrected chi connectivity index (χ0v) is 15.0. The summed E-state index contributed by atoms with van der Waals surface area (Å²) in [6.45, 7) is 4.32. The predicted octanol–water partition coefficient (Wildman–Crippen LogP) is -1.58. The van der Waals surface area contributed by atoms with E-state index in [1.54, 1.807) is 0 Å². The fraction of sp³-hybridized carbons (Fsp3) is 0.188. The first kappa shape index (κ1) is 21.1. The Kier molecular flexibility index (Phi) is 11.7. The zero-order chi connectivity index (χ0) is 11.4. The van der Waals surface area contributed by atoms with Gasteiger partial charge < -0.3 is 24.8 Å². The summed E-state index contributed by atoms with van der Waals surface area (Å²) in [4.78, 5) is 0. The molecule has 3 heteroatoms. The molecule has 19 heavy (non-hydrogen) atoms. The number of hydrogen-bond donors (Lipinski definition) is 0. The maximum absolute atomic E-state index is 3.40. The van der Waals surface area contributed by atoms with E-state index in [0.29, 0.717) is 5.92 Å². The molecule has 1 atom stereocenters. The van der Waals surface area contributed by atoms with Gasteiger partial charge in [-0.25, -0.2) is 17.7 Å². The van der Waals surface area contributed by atoms with Gasteiger partial charge in [-0.3, -0.25) is 6.08 Å². The first-order valence-corrected chi connectivity index (χ1v) is 5.65. The van der Waals surface area contributed by atoms with Crippen molar-refractivity contribution in [3.8, 4) is 0 Å². The van der Waals surface area contributed by atoms with Crippen molar-refractivity contribution in [2.24, 2.45) is 0 Å². The van der Waals surface area contributed by atoms with Gasteiger partial charge in [0, 0.05) is 0 Å². The average Bonchev–Trinajstić information content (AvgIpc) is 2.94. The summed E-state index contributed by atoms with van der Waals surface area (Å²) in [6, 6.07) is 18.5. The van der Waals surface area contributed by atoms with Crippen LogP contribution in [0.25, 0.3) is 5.57 Å². The molecule has 0 saturated carbocycles. The second kappa shape index (κ2) is 10.5. The molecule has 0 bridgehead atoms. The van der Waals surface area contributed by atoms with E-state index in [2.05, 4.69) is 44.2 Å². The van der Waals surface area contributed by atoms with Crippen LogP contribution in [0.5, 0.6) is 0 Å². The number of rotatable bonds is 0. The first-order valence-electron chi connectivity index (χ1n) is 5.65. The van der Waals surface area contributed by atoms with E-state index in [1.807, 2.05) is 30.3 Å². The summed E-state index contributed by atoms with van der Waals surface area (Å²) in [6.07, 6.45) is 3.40. The van der Waals surface area contributed by atoms with Gasteiger partial charge in [-0.05, 0) is 0 Å². The van der Waals surface area contributed by atoms with E-state index in [9.17, 15) is 0 Å². The van der Waals surface area contributed by atoms with Crippen molar-refractivity contribution in [3.63, 3.8) is 0 Å². The Morgan fingerprint density at radius 3 is 2.05 bits per heavy atom. The van der Waals surface area contributed by atoms with Gasteiger partial charge in [0.05, 0.1) is 0 Å². The molecule has 0 nitrogen and oxygen atoms in total. The minimum atomic E-state index is 0. The Balaban J connectivity index is 0. The van der Waals surface area contributed by atoms with Crippen LogP contribution in [0.4, 0.5) is 0 Å². The van der Waals surface area contributed by atoms with E-state index < -0.39 is 0 Å². The monoisotopic (exact) mass is 368 g/mol. The quantitative estimate of drug-likeness (QED) is 0.491. The molecule has 0 radical (unpaired) electrons. The third kappa shape index (κ3) is 5.73. The molecule has 2 aromatic carbocycles. The molecule has 0 N–H and O–H groups in total. The fourth-order valence-corrected chi connectivity index (χ4v) is 2.02. The molecular weight excluding hydrogens is 354 g/mol. The van der Waals surface area contributed by atoms with Gasteiger partial charge in [-0.15, -0.1) is 11.6 Å². The summed E-state index contributed by atoms with van der Waals surface area (Å²) < 4.78 is 0. The van der Waals surface area contributed by atoms with Crippen LogP contribution in [0.15, 0.2) is 54.6 Å². The Hall–Kier alpha value is -0.227. The van der Waals surface area contributed by atoms with E-state index >= 15 is 0 Å². The Labute approximate surface area is 147 Å². The number of fused-ring (bicyclic) bond motifs is 1. The first-order chi connectivity index (χ1) is 7.79. The molecule has 0 spiro atoms. The van der Waals surface area contributed by atoms with Crippen LogP contribution >= 0.6 is 0 Å². The molecule has 0 amide bonds. The minimum absolute atomic E-state index is 0. The van der Waals surface area contributed by atoms with Crippen LogP contribution in [0.2, 0.25) is 0 Å². The molecule has 0 aliphatic heterocycles. The average molecular weight is 370 g/mol. The second-order valence-corrected chi connectivity index (χ2v) is 4.04. The molecule has 0 fully saturated rings. The minimum Gasteiger partial charge on any atom is -1.00 e. The topological polar surface area (TPSA) is 0 Å². The number of halogens is 2. The molecule has 1 unspecified atom stereocenters. The third-order valence-electron chi connectivity index (χ3n) is 2.82. The van der Waals surface area contributed by atoms with Gasteiger partial charge >= 0.3 is 26.2 Å². The van der Waals surface area contributed by atoms with E-state index in [-0.39, 0.29) is 51.0 Å². The molecule has 3 rings (SSSR count). The molecule has 1 aliphatic carbocycles. The maximum Gasteiger partial charge on any atom is 4.00 e. The molecular formula is C16H16Cl2Zr. The maximum atomic E-state index is 3.40. The van der Waals surface area contributed by atoms with Crippen molar-refractivity contribution < 1.29 is 51.0 Å². The van der Waals surface area contributed by atoms with Gasteiger partial charge in [0.25, 0.3) is 0 Å². The summed E-state index contributed by atoms with van der Waals surface area (Å²) in [7, 11) is 0. The van der Waals surface area contributed by atoms with Crippen LogP contribution in [-0.4, -0.2) is 0 Å². The molecule has 1 aliphatic rings. The standard InChI is InChI=1S/C11H11.C5H5.2ClH.Zr/c1-8-7-9(2)11-6-4-3-5-10(8)11;1-2-4-5-3-1;;;/h3-6,8H,1-2H3;1-5H;2*1H;/q2*-1;;;+4/p-2. The van der Waals surface area contributed by atoms with Crippen molar-refractivity contribution in [3.05, 3.63) is 71.8 Å². The Bertz CT molecular complexity index is 458. The Morgan fingerprint density at radius 2 is 1.58 bits per heavy atom. The molecule has 0 heterocycles. The summed E-state index contributed by atoms with van der Waals surface area (Å²) in [5.41, 5.74) is 4.10. The number of benzene rings is 1. The SMILES string of the molecule is CC1=[C-]C(C)c2ccccc21.[Cl-].[Cl-].[Zr+4].c1cc[cH-]c1. The predicted molar refractivity (Wildman–Crippen MR) is 69.2 cm³/mol. The van der Waals surface area contributed by atoms with E-state index in [4.69, 9.17) is 0 Å². The molecule has 0 aromatic heterocycles. The summed E-state index contributed by atoms with van der Waals surface area (Å²) in [5, 5.41) is 0. The Morgan fingerprint density at radius 1 is 1.00 bits per heavy atom. The molecule has 98 valence electrons. The van der Waals surface area contributed by atoms with Gasteiger partial charge in [0.15, 0.2) is 0 Å². The molecule has 2 aromatic rings. The van der Waals surface area contributed by atoms with Gasteiger partial charge in [0.2, 0.25) is 0 Å². The van der Waals surface area contributed by atoms with Crippen molar-refractivity contribution in [2.75, 3.05) is 0 Å². The second-order valence-electron chi connectivity index (χ2n) is 4.04. The third-order valence-corrected chi connectivity index (χ3v) is 2.82. The van der Waals surface area contributed by atoms with Crippen molar-refractivity contribution in [1.82, 2.24) is 0 Å². The van der Waals surface area contributed by atoms with Crippen LogP contribution in [0, 0.1) is 6.08 Å². The summed E-state index contributed by atoms with van der Waals surface area (Å²) in [5.74, 6) is 0.492. The van der Waals surface area contributed by atoms with E-state index in [1.165, 1.54) is 16.7 Å². The zero-order valence-electron chi connectivity index (χ0n) is 11.0. The van der Waals surface area contributed by atoms with Gasteiger partial charge in [-0.2, -0.15) is 23.8 Å². The van der Waals surface area contributed by atoms with Crippen LogP contribution in [-0.2, 0) is 26.2 Å². The van der Waals surface area contributed by atoms with Crippen LogP contribution < -0.4 is 24.8 Å². The van der Waals surface area contributed by atoms with Crippen molar-refractivity contribution >= 4 is 5.57 Å². The van der Waals surface area contributed by atoms with Crippen LogP contribution in [0.1, 0.15) is 30.9 Å². The fourth-order valence-electron chi connectivity index (χ4n) is 2.02. The smallest absolute Gasteiger partial charge is 1.00 e. The number of hydrogen-bond acceptors (Lipinski definition) is 0. The van der Waals surface area contributed by atoms with Crippen molar-refractivity contribution in [1.29, 1.82) is 0 Å².